The minimum atomic E-state index is -0.999. The van der Waals surface area contributed by atoms with E-state index in [1.54, 1.807) is 23.0 Å². The van der Waals surface area contributed by atoms with E-state index in [1.165, 1.54) is 25.4 Å². The summed E-state index contributed by atoms with van der Waals surface area (Å²) < 4.78 is 34.7. The third kappa shape index (κ3) is 3.73. The van der Waals surface area contributed by atoms with Gasteiger partial charge in [0.25, 0.3) is 0 Å². The number of methoxy groups -OCH3 is 1. The van der Waals surface area contributed by atoms with Crippen LogP contribution in [0.1, 0.15) is 15.9 Å². The van der Waals surface area contributed by atoms with Crippen LogP contribution in [0.25, 0.3) is 22.8 Å². The number of ether oxygens (including phenoxy) is 1. The van der Waals surface area contributed by atoms with E-state index in [0.717, 1.165) is 10.5 Å². The topological polar surface area (TPSA) is 69.9 Å². The normalized spacial score (nSPS) is 11.0. The second-order valence-electron chi connectivity index (χ2n) is 6.18. The number of halogens is 3. The van der Waals surface area contributed by atoms with Gasteiger partial charge in [-0.3, -0.25) is 4.68 Å². The number of imidazole rings is 1. The van der Waals surface area contributed by atoms with Crippen LogP contribution >= 0.6 is 15.9 Å². The summed E-state index contributed by atoms with van der Waals surface area (Å²) in [7, 11) is 1.32. The van der Waals surface area contributed by atoms with Crippen LogP contribution in [0.2, 0.25) is 0 Å². The molecule has 0 saturated carbocycles. The molecule has 0 spiro atoms. The average molecular weight is 459 g/mol. The van der Waals surface area contributed by atoms with Crippen LogP contribution in [0, 0.1) is 11.6 Å². The Morgan fingerprint density at radius 2 is 1.97 bits per heavy atom. The van der Waals surface area contributed by atoms with Gasteiger partial charge in [-0.05, 0) is 29.8 Å². The fourth-order valence-electron chi connectivity index (χ4n) is 2.91. The lowest BCUT2D eigenvalue weighted by atomic mass is 10.1. The van der Waals surface area contributed by atoms with Crippen molar-refractivity contribution in [2.24, 2.45) is 0 Å². The first-order chi connectivity index (χ1) is 14.0. The number of benzene rings is 2. The minimum Gasteiger partial charge on any atom is -0.465 e. The van der Waals surface area contributed by atoms with Gasteiger partial charge in [-0.15, -0.1) is 0 Å². The van der Waals surface area contributed by atoms with Gasteiger partial charge in [0.1, 0.15) is 11.4 Å². The second-order valence-corrected chi connectivity index (χ2v) is 7.10. The first kappa shape index (κ1) is 19.1. The fraction of sp³-hybridized carbons (Fsp3) is 0.100. The Morgan fingerprint density at radius 3 is 2.76 bits per heavy atom. The van der Waals surface area contributed by atoms with Crippen molar-refractivity contribution in [3.63, 3.8) is 0 Å². The van der Waals surface area contributed by atoms with E-state index in [4.69, 9.17) is 4.74 Å². The van der Waals surface area contributed by atoms with Crippen molar-refractivity contribution in [2.75, 3.05) is 7.11 Å². The molecule has 0 aromatic heterocycles. The molecular formula is C20H13BrF2N4O2. The monoisotopic (exact) mass is 458 g/mol. The summed E-state index contributed by atoms with van der Waals surface area (Å²) in [6.45, 7) is 0.282. The zero-order chi connectivity index (χ0) is 20.5. The van der Waals surface area contributed by atoms with Crippen molar-refractivity contribution in [1.29, 1.82) is 0 Å². The molecule has 4 rings (SSSR count). The van der Waals surface area contributed by atoms with Gasteiger partial charge in [-0.25, -0.2) is 23.5 Å². The molecule has 6 nitrogen and oxygen atoms in total. The molecule has 0 N–H and O–H groups in total. The highest BCUT2D eigenvalue weighted by Crippen LogP contribution is 2.27. The predicted octanol–water partition coefficient (Wildman–Crippen LogP) is 4.32. The van der Waals surface area contributed by atoms with Crippen LogP contribution < -0.4 is 0 Å². The van der Waals surface area contributed by atoms with E-state index in [0.29, 0.717) is 22.5 Å². The highest BCUT2D eigenvalue weighted by Gasteiger charge is 2.19. The van der Waals surface area contributed by atoms with Gasteiger partial charge >= 0.3 is 5.97 Å². The van der Waals surface area contributed by atoms with E-state index < -0.39 is 17.6 Å². The Balaban J connectivity index is 1.70. The zero-order valence-corrected chi connectivity index (χ0v) is 16.7. The Hall–Kier alpha value is -3.20. The van der Waals surface area contributed by atoms with Crippen molar-refractivity contribution in [3.05, 3.63) is 76.0 Å². The number of fused-ring (bicyclic) bond motifs is 1. The number of hydrogen-bond donors (Lipinski definition) is 0. The minimum absolute atomic E-state index is 0.0198. The van der Waals surface area contributed by atoms with Gasteiger partial charge in [0, 0.05) is 4.47 Å². The largest absolute Gasteiger partial charge is 0.465 e. The maximum Gasteiger partial charge on any atom is 0.338 e. The Labute approximate surface area is 172 Å². The number of aromatic nitrogens is 4. The number of esters is 1. The van der Waals surface area contributed by atoms with Gasteiger partial charge in [0.2, 0.25) is 0 Å². The lowest BCUT2D eigenvalue weighted by Gasteiger charge is -2.11. The number of carbonyl (C=O) groups excluding carboxylic acids is 1. The van der Waals surface area contributed by atoms with E-state index >= 15 is 0 Å². The van der Waals surface area contributed by atoms with Crippen molar-refractivity contribution in [1.82, 2.24) is 19.7 Å². The molecule has 9 heteroatoms. The van der Waals surface area contributed by atoms with Crippen LogP contribution in [0.5, 0.6) is 0 Å². The summed E-state index contributed by atoms with van der Waals surface area (Å²) in [6.07, 6.45) is 3.12. The van der Waals surface area contributed by atoms with Gasteiger partial charge < -0.3 is 4.74 Å². The first-order valence-corrected chi connectivity index (χ1v) is 9.27. The van der Waals surface area contributed by atoms with Crippen molar-refractivity contribution in [2.45, 2.75) is 6.54 Å². The van der Waals surface area contributed by atoms with Crippen molar-refractivity contribution < 1.29 is 18.3 Å². The lowest BCUT2D eigenvalue weighted by molar-refractivity contribution is 0.0599. The summed E-state index contributed by atoms with van der Waals surface area (Å²) in [5.41, 5.74) is 2.01. The third-order valence-corrected chi connectivity index (χ3v) is 4.81. The molecule has 0 atom stereocenters. The standard InChI is InChI=1S/C20H13BrF2N4O2/c1-29-20(28)14-7-12(21)6-5-11(14)9-27-10-17-16(8-24-27)25-19(26-17)13-3-2-4-15(22)18(13)23/h2-8,10H,9H2,1H3. The van der Waals surface area contributed by atoms with Crippen LogP contribution in [-0.2, 0) is 11.3 Å². The molecule has 146 valence electrons. The molecule has 2 heterocycles. The molecule has 2 aliphatic heterocycles. The second kappa shape index (κ2) is 7.67. The van der Waals surface area contributed by atoms with Crippen molar-refractivity contribution in [3.8, 4) is 22.8 Å². The molecule has 0 amide bonds. The summed E-state index contributed by atoms with van der Waals surface area (Å²) in [5, 5.41) is 4.28. The predicted molar refractivity (Wildman–Crippen MR) is 104 cm³/mol. The molecule has 0 aliphatic carbocycles. The number of rotatable bonds is 4. The fourth-order valence-corrected chi connectivity index (χ4v) is 3.27. The molecule has 2 aromatic carbocycles. The molecule has 0 saturated heterocycles. The van der Waals surface area contributed by atoms with Gasteiger partial charge in [0.05, 0.1) is 37.2 Å². The van der Waals surface area contributed by atoms with E-state index in [1.807, 2.05) is 6.07 Å². The zero-order valence-electron chi connectivity index (χ0n) is 15.1. The van der Waals surface area contributed by atoms with Gasteiger partial charge in [-0.1, -0.05) is 28.1 Å². The molecule has 29 heavy (non-hydrogen) atoms. The smallest absolute Gasteiger partial charge is 0.338 e. The van der Waals surface area contributed by atoms with Crippen LogP contribution in [-0.4, -0.2) is 32.8 Å². The Kier molecular flexibility index (Phi) is 5.06. The SMILES string of the molecule is COC(=O)c1cc(Br)ccc1Cn1cc2nc(-c3cccc(F)c3F)nc-2cn1. The molecule has 0 radical (unpaired) electrons. The van der Waals surface area contributed by atoms with Gasteiger partial charge in [-0.2, -0.15) is 5.10 Å². The molecule has 0 bridgehead atoms. The van der Waals surface area contributed by atoms with Crippen LogP contribution in [0.15, 0.2) is 53.3 Å². The highest BCUT2D eigenvalue weighted by atomic mass is 79.9. The summed E-state index contributed by atoms with van der Waals surface area (Å²) in [5.74, 6) is -2.34. The van der Waals surface area contributed by atoms with E-state index in [2.05, 4.69) is 31.0 Å². The number of hydrogen-bond acceptors (Lipinski definition) is 5. The van der Waals surface area contributed by atoms with E-state index in [-0.39, 0.29) is 17.9 Å². The summed E-state index contributed by atoms with van der Waals surface area (Å²) in [6, 6.07) is 9.13. The molecule has 0 unspecified atom stereocenters. The number of carbonyl (C=O) groups is 1. The molecule has 0 fully saturated rings. The summed E-state index contributed by atoms with van der Waals surface area (Å²) >= 11 is 3.34. The first-order valence-electron chi connectivity index (χ1n) is 8.47. The third-order valence-electron chi connectivity index (χ3n) is 4.32. The van der Waals surface area contributed by atoms with Crippen LogP contribution in [0.4, 0.5) is 8.78 Å². The average Bonchev–Trinajstić information content (AvgIpc) is 3.14. The highest BCUT2D eigenvalue weighted by molar-refractivity contribution is 9.10. The molecule has 2 aromatic rings. The molecular weight excluding hydrogens is 446 g/mol. The van der Waals surface area contributed by atoms with Crippen LogP contribution in [0.3, 0.4) is 0 Å². The summed E-state index contributed by atoms with van der Waals surface area (Å²) in [4.78, 5) is 20.6. The molecule has 2 aliphatic rings. The Morgan fingerprint density at radius 1 is 1.17 bits per heavy atom. The maximum atomic E-state index is 14.0. The van der Waals surface area contributed by atoms with Gasteiger partial charge in [0.15, 0.2) is 17.5 Å². The number of nitrogens with zero attached hydrogens (tertiary/aromatic N) is 4. The quantitative estimate of drug-likeness (QED) is 0.426. The van der Waals surface area contributed by atoms with Crippen molar-refractivity contribution >= 4 is 21.9 Å². The van der Waals surface area contributed by atoms with E-state index in [9.17, 15) is 13.6 Å². The maximum absolute atomic E-state index is 14.0. The lowest BCUT2D eigenvalue weighted by Crippen LogP contribution is -2.11. The Bertz CT molecular complexity index is 1200.